The normalized spacial score (nSPS) is 16.8. The van der Waals surface area contributed by atoms with Crippen LogP contribution in [-0.2, 0) is 23.8 Å². The Morgan fingerprint density at radius 3 is 2.38 bits per heavy atom. The molecule has 0 bridgehead atoms. The Balaban J connectivity index is 2.30. The van der Waals surface area contributed by atoms with E-state index in [-0.39, 0.29) is 41.4 Å². The molecule has 37 heavy (non-hydrogen) atoms. The van der Waals surface area contributed by atoms with Crippen LogP contribution >= 0.6 is 15.9 Å². The molecule has 10 heteroatoms. The molecule has 0 spiro atoms. The van der Waals surface area contributed by atoms with Gasteiger partial charge in [0.2, 0.25) is 0 Å². The van der Waals surface area contributed by atoms with Gasteiger partial charge in [-0.3, -0.25) is 0 Å². The number of hydrogen-bond donors (Lipinski definition) is 1. The van der Waals surface area contributed by atoms with E-state index in [1.54, 1.807) is 51.1 Å². The van der Waals surface area contributed by atoms with Crippen LogP contribution in [0.4, 0.5) is 14.5 Å². The van der Waals surface area contributed by atoms with Gasteiger partial charge in [-0.2, -0.15) is 0 Å². The van der Waals surface area contributed by atoms with Crippen molar-refractivity contribution in [2.24, 2.45) is 5.73 Å². The first-order valence-electron chi connectivity index (χ1n) is 11.6. The highest BCUT2D eigenvalue weighted by molar-refractivity contribution is 9.10. The molecule has 0 aromatic heterocycles. The summed E-state index contributed by atoms with van der Waals surface area (Å²) in [6, 6.07) is 12.6. The van der Waals surface area contributed by atoms with Crippen LogP contribution < -0.4 is 10.6 Å². The van der Waals surface area contributed by atoms with E-state index >= 15 is 0 Å². The Morgan fingerprint density at radius 1 is 1.11 bits per heavy atom. The van der Waals surface area contributed by atoms with Crippen molar-refractivity contribution >= 4 is 33.6 Å². The summed E-state index contributed by atoms with van der Waals surface area (Å²) < 4.78 is 43.9. The maximum absolute atomic E-state index is 13.6. The lowest BCUT2D eigenvalue weighted by Gasteiger charge is -2.37. The molecule has 7 nitrogen and oxygen atoms in total. The number of nitrogens with two attached hydrogens (primary N) is 1. The molecule has 0 saturated heterocycles. The van der Waals surface area contributed by atoms with Crippen LogP contribution in [0.1, 0.15) is 44.2 Å². The third kappa shape index (κ3) is 6.19. The predicted molar refractivity (Wildman–Crippen MR) is 139 cm³/mol. The lowest BCUT2D eigenvalue weighted by atomic mass is 9.80. The van der Waals surface area contributed by atoms with Gasteiger partial charge in [0.05, 0.1) is 30.3 Å². The molecular weight excluding hydrogens is 550 g/mol. The molecule has 2 unspecified atom stereocenters. The first-order valence-corrected chi connectivity index (χ1v) is 12.4. The summed E-state index contributed by atoms with van der Waals surface area (Å²) in [5, 5.41) is 0. The molecule has 0 fully saturated rings. The second kappa shape index (κ2) is 12.3. The van der Waals surface area contributed by atoms with Gasteiger partial charge >= 0.3 is 11.9 Å². The summed E-state index contributed by atoms with van der Waals surface area (Å²) in [4.78, 5) is 28.3. The van der Waals surface area contributed by atoms with Gasteiger partial charge in [0, 0.05) is 28.5 Å². The Morgan fingerprint density at radius 2 is 1.78 bits per heavy atom. The molecule has 1 heterocycles. The van der Waals surface area contributed by atoms with Crippen molar-refractivity contribution in [3.8, 4) is 0 Å². The number of alkyl halides is 2. The van der Waals surface area contributed by atoms with Crippen LogP contribution in [0.3, 0.4) is 0 Å². The van der Waals surface area contributed by atoms with Gasteiger partial charge in [-0.15, -0.1) is 0 Å². The van der Waals surface area contributed by atoms with Crippen molar-refractivity contribution in [3.63, 3.8) is 0 Å². The number of ether oxygens (including phenoxy) is 3. The van der Waals surface area contributed by atoms with Gasteiger partial charge in [-0.25, -0.2) is 18.4 Å². The fourth-order valence-corrected chi connectivity index (χ4v) is 4.52. The van der Waals surface area contributed by atoms with E-state index in [9.17, 15) is 18.4 Å². The number of nitrogens with zero attached hydrogens (tertiary/aromatic N) is 1. The zero-order valence-corrected chi connectivity index (χ0v) is 22.6. The number of rotatable bonds is 9. The number of hydrogen-bond acceptors (Lipinski definition) is 7. The molecule has 1 aliphatic rings. The number of anilines is 1. The number of esters is 2. The maximum atomic E-state index is 13.6. The number of allylic oxidation sites excluding steroid dienone is 1. The van der Waals surface area contributed by atoms with Gasteiger partial charge in [0.25, 0.3) is 6.43 Å². The molecule has 2 atom stereocenters. The van der Waals surface area contributed by atoms with Gasteiger partial charge in [-0.1, -0.05) is 40.2 Å². The Hall–Kier alpha value is -3.24. The van der Waals surface area contributed by atoms with Crippen molar-refractivity contribution in [2.75, 3.05) is 25.2 Å². The molecule has 2 aromatic carbocycles. The number of methoxy groups -OCH3 is 1. The Bertz CT molecular complexity index is 1210. The summed E-state index contributed by atoms with van der Waals surface area (Å²) in [7, 11) is 1.48. The Labute approximate surface area is 223 Å². The number of carbonyl (C=O) groups is 2. The molecule has 0 saturated carbocycles. The minimum absolute atomic E-state index is 0.0126. The van der Waals surface area contributed by atoms with Gasteiger partial charge < -0.3 is 24.8 Å². The molecule has 0 amide bonds. The van der Waals surface area contributed by atoms with Crippen LogP contribution in [0, 0.1) is 0 Å². The first-order chi connectivity index (χ1) is 17.6. The first kappa shape index (κ1) is 28.3. The molecule has 3 rings (SSSR count). The van der Waals surface area contributed by atoms with Crippen molar-refractivity contribution in [1.82, 2.24) is 0 Å². The Kier molecular flexibility index (Phi) is 9.45. The SMILES string of the molecule is CCOC(=O)C1=C(C)N(c2cccc(C(F)F)c2)C(N)=C(C(=O)OC(C)COC)C1c1ccc(Br)cc1. The average Bonchev–Trinajstić information content (AvgIpc) is 2.84. The zero-order valence-electron chi connectivity index (χ0n) is 21.0. The van der Waals surface area contributed by atoms with E-state index < -0.39 is 30.4 Å². The molecule has 0 radical (unpaired) electrons. The van der Waals surface area contributed by atoms with E-state index in [0.717, 1.165) is 4.47 Å². The van der Waals surface area contributed by atoms with Crippen LogP contribution in [0.15, 0.2) is 75.7 Å². The van der Waals surface area contributed by atoms with Gasteiger partial charge in [0.15, 0.2) is 0 Å². The molecule has 2 N–H and O–H groups in total. The van der Waals surface area contributed by atoms with Crippen LogP contribution in [-0.4, -0.2) is 38.4 Å². The van der Waals surface area contributed by atoms with Gasteiger partial charge in [0.1, 0.15) is 11.9 Å². The standard InChI is InChI=1S/C27H29BrF2N2O5/c1-5-36-26(33)21-16(3)32(20-8-6-7-18(13-20)24(29)30)25(31)23(27(34)37-15(2)14-35-4)22(21)17-9-11-19(28)12-10-17/h6-13,15,22,24H,5,14,31H2,1-4H3. The fourth-order valence-electron chi connectivity index (χ4n) is 4.26. The molecule has 2 aromatic rings. The minimum Gasteiger partial charge on any atom is -0.463 e. The number of carbonyl (C=O) groups excluding carboxylic acids is 2. The summed E-state index contributed by atoms with van der Waals surface area (Å²) in [5.41, 5.74) is 7.71. The highest BCUT2D eigenvalue weighted by Gasteiger charge is 2.42. The highest BCUT2D eigenvalue weighted by atomic mass is 79.9. The predicted octanol–water partition coefficient (Wildman–Crippen LogP) is 5.58. The van der Waals surface area contributed by atoms with Gasteiger partial charge in [-0.05, 0) is 50.6 Å². The average molecular weight is 579 g/mol. The molecular formula is C27H29BrF2N2O5. The van der Waals surface area contributed by atoms with Crippen molar-refractivity contribution < 1.29 is 32.6 Å². The number of halogens is 3. The summed E-state index contributed by atoms with van der Waals surface area (Å²) in [5.74, 6) is -2.40. The van der Waals surface area contributed by atoms with Crippen LogP contribution in [0.2, 0.25) is 0 Å². The lowest BCUT2D eigenvalue weighted by molar-refractivity contribution is -0.146. The van der Waals surface area contributed by atoms with E-state index in [0.29, 0.717) is 11.3 Å². The quantitative estimate of drug-likeness (QED) is 0.388. The smallest absolute Gasteiger partial charge is 0.339 e. The largest absolute Gasteiger partial charge is 0.463 e. The zero-order chi connectivity index (χ0) is 27.3. The topological polar surface area (TPSA) is 91.1 Å². The monoisotopic (exact) mass is 578 g/mol. The van der Waals surface area contributed by atoms with E-state index in [1.807, 2.05) is 0 Å². The molecule has 198 valence electrons. The van der Waals surface area contributed by atoms with E-state index in [4.69, 9.17) is 19.9 Å². The van der Waals surface area contributed by atoms with E-state index in [1.165, 1.54) is 30.2 Å². The van der Waals surface area contributed by atoms with Crippen molar-refractivity contribution in [2.45, 2.75) is 39.2 Å². The van der Waals surface area contributed by atoms with Crippen LogP contribution in [0.25, 0.3) is 0 Å². The molecule has 0 aliphatic carbocycles. The summed E-state index contributed by atoms with van der Waals surface area (Å²) in [6.45, 7) is 5.19. The third-order valence-electron chi connectivity index (χ3n) is 5.83. The summed E-state index contributed by atoms with van der Waals surface area (Å²) >= 11 is 3.40. The second-order valence-electron chi connectivity index (χ2n) is 8.41. The van der Waals surface area contributed by atoms with Crippen LogP contribution in [0.5, 0.6) is 0 Å². The third-order valence-corrected chi connectivity index (χ3v) is 6.36. The molecule has 1 aliphatic heterocycles. The minimum atomic E-state index is -2.72. The second-order valence-corrected chi connectivity index (χ2v) is 9.32. The van der Waals surface area contributed by atoms with E-state index in [2.05, 4.69) is 15.9 Å². The van der Waals surface area contributed by atoms with Crippen molar-refractivity contribution in [1.29, 1.82) is 0 Å². The lowest BCUT2D eigenvalue weighted by Crippen LogP contribution is -2.40. The summed E-state index contributed by atoms with van der Waals surface area (Å²) in [6.07, 6.45) is -3.34. The fraction of sp³-hybridized carbons (Fsp3) is 0.333. The van der Waals surface area contributed by atoms with Crippen molar-refractivity contribution in [3.05, 3.63) is 86.8 Å². The maximum Gasteiger partial charge on any atom is 0.339 e. The highest BCUT2D eigenvalue weighted by Crippen LogP contribution is 2.44. The number of benzene rings is 2.